The monoisotopic (exact) mass is 216 g/mol. The van der Waals surface area contributed by atoms with Crippen molar-refractivity contribution in [3.63, 3.8) is 0 Å². The first-order valence-corrected chi connectivity index (χ1v) is 5.99. The van der Waals surface area contributed by atoms with Crippen molar-refractivity contribution in [2.45, 2.75) is 52.1 Å². The largest absolute Gasteiger partial charge is 0.383 e. The minimum atomic E-state index is 0.0647. The molecule has 0 aromatic heterocycles. The van der Waals surface area contributed by atoms with Gasteiger partial charge in [0, 0.05) is 31.8 Å². The highest BCUT2D eigenvalue weighted by Gasteiger charge is 2.29. The second-order valence-corrected chi connectivity index (χ2v) is 4.67. The van der Waals surface area contributed by atoms with Gasteiger partial charge in [0.2, 0.25) is 0 Å². The molecule has 92 valence electrons. The predicted molar refractivity (Wildman–Crippen MR) is 66.1 cm³/mol. The summed E-state index contributed by atoms with van der Waals surface area (Å²) in [6.07, 6.45) is 2.34. The van der Waals surface area contributed by atoms with E-state index < -0.39 is 0 Å². The van der Waals surface area contributed by atoms with Gasteiger partial charge in [-0.2, -0.15) is 0 Å². The summed E-state index contributed by atoms with van der Waals surface area (Å²) in [4.78, 5) is 2.48. The molecule has 0 amide bonds. The Balaban J connectivity index is 4.54. The molecule has 0 aromatic carbocycles. The third kappa shape index (κ3) is 4.49. The van der Waals surface area contributed by atoms with Gasteiger partial charge in [0.25, 0.3) is 0 Å². The summed E-state index contributed by atoms with van der Waals surface area (Å²) in [5.41, 5.74) is 5.91. The summed E-state index contributed by atoms with van der Waals surface area (Å²) in [7, 11) is 1.75. The molecule has 0 heterocycles. The van der Waals surface area contributed by atoms with Crippen LogP contribution in [0.3, 0.4) is 0 Å². The van der Waals surface area contributed by atoms with Gasteiger partial charge in [-0.3, -0.25) is 4.90 Å². The fourth-order valence-electron chi connectivity index (χ4n) is 2.02. The summed E-state index contributed by atoms with van der Waals surface area (Å²) in [6, 6.07) is 0.610. The van der Waals surface area contributed by atoms with Gasteiger partial charge in [-0.25, -0.2) is 0 Å². The van der Waals surface area contributed by atoms with E-state index in [1.165, 1.54) is 12.8 Å². The highest BCUT2D eigenvalue weighted by atomic mass is 16.5. The summed E-state index contributed by atoms with van der Waals surface area (Å²) in [6.45, 7) is 11.3. The van der Waals surface area contributed by atoms with Gasteiger partial charge in [0.1, 0.15) is 0 Å². The predicted octanol–water partition coefficient (Wildman–Crippen LogP) is 1.86. The van der Waals surface area contributed by atoms with Gasteiger partial charge >= 0.3 is 0 Å². The molecule has 0 saturated carbocycles. The second-order valence-electron chi connectivity index (χ2n) is 4.67. The zero-order valence-electron chi connectivity index (χ0n) is 11.0. The van der Waals surface area contributed by atoms with Gasteiger partial charge in [-0.05, 0) is 26.7 Å². The van der Waals surface area contributed by atoms with Crippen LogP contribution in [-0.4, -0.2) is 43.3 Å². The van der Waals surface area contributed by atoms with Crippen molar-refractivity contribution in [2.75, 3.05) is 26.8 Å². The molecule has 0 atom stereocenters. The molecule has 3 nitrogen and oxygen atoms in total. The maximum absolute atomic E-state index is 5.84. The molecular formula is C12H28N2O. The van der Waals surface area contributed by atoms with Crippen LogP contribution in [0.5, 0.6) is 0 Å². The van der Waals surface area contributed by atoms with Crippen molar-refractivity contribution >= 4 is 0 Å². The Morgan fingerprint density at radius 1 is 1.27 bits per heavy atom. The molecule has 0 aromatic rings. The van der Waals surface area contributed by atoms with Crippen LogP contribution in [0.1, 0.15) is 40.5 Å². The first kappa shape index (κ1) is 14.9. The van der Waals surface area contributed by atoms with Gasteiger partial charge < -0.3 is 10.5 Å². The number of nitrogens with two attached hydrogens (primary N) is 1. The van der Waals surface area contributed by atoms with Gasteiger partial charge in [0.15, 0.2) is 0 Å². The maximum Gasteiger partial charge on any atom is 0.0590 e. The lowest BCUT2D eigenvalue weighted by atomic mass is 9.98. The van der Waals surface area contributed by atoms with E-state index in [1.54, 1.807) is 7.11 Å². The third-order valence-electron chi connectivity index (χ3n) is 3.20. The highest BCUT2D eigenvalue weighted by Crippen LogP contribution is 2.20. The number of hydrogen-bond acceptors (Lipinski definition) is 3. The zero-order chi connectivity index (χ0) is 11.9. The Morgan fingerprint density at radius 3 is 2.13 bits per heavy atom. The van der Waals surface area contributed by atoms with E-state index in [4.69, 9.17) is 10.5 Å². The molecule has 15 heavy (non-hydrogen) atoms. The Morgan fingerprint density at radius 2 is 1.80 bits per heavy atom. The lowest BCUT2D eigenvalue weighted by Crippen LogP contribution is -2.54. The lowest BCUT2D eigenvalue weighted by molar-refractivity contribution is 0.0399. The van der Waals surface area contributed by atoms with Crippen LogP contribution in [0, 0.1) is 0 Å². The van der Waals surface area contributed by atoms with E-state index in [0.717, 1.165) is 13.2 Å². The van der Waals surface area contributed by atoms with E-state index in [1.807, 2.05) is 0 Å². The van der Waals surface area contributed by atoms with Gasteiger partial charge in [-0.15, -0.1) is 0 Å². The van der Waals surface area contributed by atoms with Crippen molar-refractivity contribution in [3.05, 3.63) is 0 Å². The normalized spacial score (nSPS) is 12.8. The Hall–Kier alpha value is -0.120. The van der Waals surface area contributed by atoms with Crippen LogP contribution < -0.4 is 5.73 Å². The zero-order valence-corrected chi connectivity index (χ0v) is 11.0. The van der Waals surface area contributed by atoms with Crippen LogP contribution in [0.25, 0.3) is 0 Å². The van der Waals surface area contributed by atoms with Crippen molar-refractivity contribution in [2.24, 2.45) is 5.73 Å². The Kier molecular flexibility index (Phi) is 7.14. The average Bonchev–Trinajstić information content (AvgIpc) is 2.24. The van der Waals surface area contributed by atoms with Crippen LogP contribution in [-0.2, 0) is 4.74 Å². The topological polar surface area (TPSA) is 38.5 Å². The second kappa shape index (κ2) is 7.20. The van der Waals surface area contributed by atoms with E-state index in [2.05, 4.69) is 32.6 Å². The molecule has 0 bridgehead atoms. The van der Waals surface area contributed by atoms with E-state index in [9.17, 15) is 0 Å². The van der Waals surface area contributed by atoms with Crippen LogP contribution in [0.2, 0.25) is 0 Å². The average molecular weight is 216 g/mol. The fourth-order valence-corrected chi connectivity index (χ4v) is 2.02. The number of hydrogen-bond donors (Lipinski definition) is 1. The molecule has 0 saturated heterocycles. The number of methoxy groups -OCH3 is 1. The van der Waals surface area contributed by atoms with Crippen LogP contribution >= 0.6 is 0 Å². The molecule has 0 rings (SSSR count). The molecule has 0 radical (unpaired) electrons. The van der Waals surface area contributed by atoms with E-state index in [-0.39, 0.29) is 5.54 Å². The lowest BCUT2D eigenvalue weighted by Gasteiger charge is -2.42. The summed E-state index contributed by atoms with van der Waals surface area (Å²) < 4.78 is 5.17. The van der Waals surface area contributed by atoms with Crippen LogP contribution in [0.15, 0.2) is 0 Å². The number of nitrogens with zero attached hydrogens (tertiary/aromatic N) is 1. The molecule has 0 fully saturated rings. The van der Waals surface area contributed by atoms with Crippen LogP contribution in [0.4, 0.5) is 0 Å². The maximum atomic E-state index is 5.84. The van der Waals surface area contributed by atoms with Crippen molar-refractivity contribution in [1.82, 2.24) is 4.90 Å². The first-order valence-electron chi connectivity index (χ1n) is 5.99. The van der Waals surface area contributed by atoms with E-state index >= 15 is 0 Å². The van der Waals surface area contributed by atoms with Crippen molar-refractivity contribution < 1.29 is 4.74 Å². The minimum absolute atomic E-state index is 0.0647. The van der Waals surface area contributed by atoms with Gasteiger partial charge in [-0.1, -0.05) is 13.8 Å². The summed E-state index contributed by atoms with van der Waals surface area (Å²) in [5.74, 6) is 0. The summed E-state index contributed by atoms with van der Waals surface area (Å²) in [5, 5.41) is 0. The third-order valence-corrected chi connectivity index (χ3v) is 3.20. The quantitative estimate of drug-likeness (QED) is 0.673. The molecule has 0 unspecified atom stereocenters. The molecular weight excluding hydrogens is 188 g/mol. The Labute approximate surface area is 95.0 Å². The highest BCUT2D eigenvalue weighted by molar-refractivity contribution is 4.86. The first-order chi connectivity index (χ1) is 7.03. The number of rotatable bonds is 8. The van der Waals surface area contributed by atoms with Crippen molar-refractivity contribution in [1.29, 1.82) is 0 Å². The smallest absolute Gasteiger partial charge is 0.0590 e. The molecule has 0 aliphatic rings. The molecule has 0 aliphatic carbocycles. The van der Waals surface area contributed by atoms with E-state index in [0.29, 0.717) is 12.6 Å². The molecule has 0 spiro atoms. The molecule has 0 aliphatic heterocycles. The number of ether oxygens (including phenoxy) is 1. The standard InChI is InChI=1S/C12H28N2O/c1-6-11(7-2)14(8-9-15-5)12(3,4)10-13/h11H,6-10,13H2,1-5H3. The Bertz CT molecular complexity index is 156. The molecule has 3 heteroatoms. The fraction of sp³-hybridized carbons (Fsp3) is 1.00. The van der Waals surface area contributed by atoms with Crippen molar-refractivity contribution in [3.8, 4) is 0 Å². The van der Waals surface area contributed by atoms with Gasteiger partial charge in [0.05, 0.1) is 6.61 Å². The summed E-state index contributed by atoms with van der Waals surface area (Å²) >= 11 is 0. The minimum Gasteiger partial charge on any atom is -0.383 e. The SMILES string of the molecule is CCC(CC)N(CCOC)C(C)(C)CN. The molecule has 2 N–H and O–H groups in total.